The number of rotatable bonds is 18. The van der Waals surface area contributed by atoms with Crippen molar-refractivity contribution in [1.82, 2.24) is 9.62 Å². The summed E-state index contributed by atoms with van der Waals surface area (Å²) < 4.78 is 33.3. The number of aliphatic hydroxyl groups excluding tert-OH is 1. The number of carbonyl (C=O) groups is 2. The first-order chi connectivity index (χ1) is 20.1. The van der Waals surface area contributed by atoms with Gasteiger partial charge in [0.25, 0.3) is 5.91 Å². The first-order valence-electron chi connectivity index (χ1n) is 15.6. The van der Waals surface area contributed by atoms with Gasteiger partial charge in [0, 0.05) is 38.7 Å². The van der Waals surface area contributed by atoms with E-state index in [0.717, 1.165) is 41.9 Å². The Morgan fingerprint density at radius 3 is 2.43 bits per heavy atom. The Hall–Kier alpha value is -2.34. The number of aryl methyl sites for hydroxylation is 2. The van der Waals surface area contributed by atoms with Gasteiger partial charge in [0.2, 0.25) is 15.9 Å². The molecule has 0 atom stereocenters. The number of hydrogen-bond acceptors (Lipinski definition) is 7. The van der Waals surface area contributed by atoms with Crippen molar-refractivity contribution in [3.05, 3.63) is 29.3 Å². The van der Waals surface area contributed by atoms with Crippen molar-refractivity contribution in [2.45, 2.75) is 96.9 Å². The summed E-state index contributed by atoms with van der Waals surface area (Å²) in [6, 6.07) is 5.59. The lowest BCUT2D eigenvalue weighted by Crippen LogP contribution is -2.50. The molecule has 1 aromatic rings. The molecule has 0 unspecified atom stereocenters. The number of hydrogen-bond donors (Lipinski definition) is 2. The molecule has 0 saturated carbocycles. The number of ether oxygens (including phenoxy) is 1. The van der Waals surface area contributed by atoms with E-state index in [1.54, 1.807) is 4.90 Å². The second kappa shape index (κ2) is 16.5. The minimum Gasteiger partial charge on any atom is -0.394 e. The van der Waals surface area contributed by atoms with E-state index in [4.69, 9.17) is 14.8 Å². The fourth-order valence-corrected chi connectivity index (χ4v) is 7.19. The third-order valence-electron chi connectivity index (χ3n) is 8.33. The number of carbonyl (C=O) groups excluding carboxylic acids is 2. The van der Waals surface area contributed by atoms with Crippen LogP contribution in [0.2, 0.25) is 0 Å². The monoisotopic (exact) mass is 606 g/mol. The average molecular weight is 607 g/mol. The van der Waals surface area contributed by atoms with Crippen LogP contribution in [0.3, 0.4) is 0 Å². The van der Waals surface area contributed by atoms with Crippen LogP contribution in [-0.4, -0.2) is 86.2 Å². The molecule has 1 aromatic carbocycles. The lowest BCUT2D eigenvalue weighted by molar-refractivity contribution is -0.125. The molecule has 2 heterocycles. The summed E-state index contributed by atoms with van der Waals surface area (Å²) in [5.74, 6) is 0.521. The minimum absolute atomic E-state index is 0.0232. The molecule has 2 N–H and O–H groups in total. The quantitative estimate of drug-likeness (QED) is 0.245. The molecule has 0 radical (unpaired) electrons. The zero-order chi connectivity index (χ0) is 30.6. The highest BCUT2D eigenvalue weighted by molar-refractivity contribution is 7.89. The Labute approximate surface area is 251 Å². The summed E-state index contributed by atoms with van der Waals surface area (Å²) in [5.41, 5.74) is 1.71. The van der Waals surface area contributed by atoms with Gasteiger partial charge in [-0.15, -0.1) is 0 Å². The maximum atomic E-state index is 13.2. The molecule has 2 aliphatic rings. The summed E-state index contributed by atoms with van der Waals surface area (Å²) in [6.07, 6.45) is 10.3. The van der Waals surface area contributed by atoms with Gasteiger partial charge in [-0.25, -0.2) is 12.7 Å². The van der Waals surface area contributed by atoms with Gasteiger partial charge >= 0.3 is 0 Å². The van der Waals surface area contributed by atoms with Crippen LogP contribution in [0.1, 0.15) is 89.2 Å². The summed E-state index contributed by atoms with van der Waals surface area (Å²) in [5, 5.41) is 11.8. The smallest absolute Gasteiger partial charge is 0.253 e. The number of unbranched alkanes of at least 4 members (excludes halogenated alkanes) is 6. The zero-order valence-corrected chi connectivity index (χ0v) is 26.5. The zero-order valence-electron chi connectivity index (χ0n) is 25.7. The van der Waals surface area contributed by atoms with Crippen LogP contribution in [0, 0.1) is 6.92 Å². The summed E-state index contributed by atoms with van der Waals surface area (Å²) in [4.78, 5) is 31.4. The number of aliphatic imine (C=N–C) groups is 1. The summed E-state index contributed by atoms with van der Waals surface area (Å²) in [6.45, 7) is 7.01. The van der Waals surface area contributed by atoms with E-state index in [-0.39, 0.29) is 43.9 Å². The Morgan fingerprint density at radius 2 is 1.79 bits per heavy atom. The van der Waals surface area contributed by atoms with Crippen LogP contribution in [0.4, 0.5) is 5.69 Å². The van der Waals surface area contributed by atoms with E-state index in [1.807, 2.05) is 25.1 Å². The third-order valence-corrected chi connectivity index (χ3v) is 10.2. The number of nitrogens with one attached hydrogen (secondary N) is 1. The van der Waals surface area contributed by atoms with Gasteiger partial charge in [-0.05, 0) is 55.9 Å². The molecular formula is C31H50N4O6S. The number of sulfonamides is 1. The van der Waals surface area contributed by atoms with Gasteiger partial charge < -0.3 is 20.1 Å². The predicted molar refractivity (Wildman–Crippen MR) is 166 cm³/mol. The van der Waals surface area contributed by atoms with Crippen molar-refractivity contribution in [3.63, 3.8) is 0 Å². The van der Waals surface area contributed by atoms with Gasteiger partial charge in [0.1, 0.15) is 11.4 Å². The maximum absolute atomic E-state index is 13.2. The van der Waals surface area contributed by atoms with Crippen LogP contribution >= 0.6 is 0 Å². The number of amides is 2. The maximum Gasteiger partial charge on any atom is 0.253 e. The molecule has 11 heteroatoms. The average Bonchev–Trinajstić information content (AvgIpc) is 3.25. The Kier molecular flexibility index (Phi) is 13.4. The van der Waals surface area contributed by atoms with Crippen LogP contribution in [0.15, 0.2) is 23.2 Å². The molecule has 1 spiro atoms. The van der Waals surface area contributed by atoms with Crippen LogP contribution in [-0.2, 0) is 30.8 Å². The van der Waals surface area contributed by atoms with Gasteiger partial charge in [0.05, 0.1) is 25.6 Å². The van der Waals surface area contributed by atoms with Crippen molar-refractivity contribution in [3.8, 4) is 0 Å². The molecule has 10 nitrogen and oxygen atoms in total. The number of anilines is 1. The highest BCUT2D eigenvalue weighted by Crippen LogP contribution is 2.32. The van der Waals surface area contributed by atoms with Crippen molar-refractivity contribution < 1.29 is 27.9 Å². The van der Waals surface area contributed by atoms with E-state index in [2.05, 4.69) is 12.2 Å². The fourth-order valence-electron chi connectivity index (χ4n) is 5.71. The highest BCUT2D eigenvalue weighted by Gasteiger charge is 2.47. The van der Waals surface area contributed by atoms with Gasteiger partial charge in [-0.2, -0.15) is 0 Å². The Bertz CT molecular complexity index is 1180. The van der Waals surface area contributed by atoms with Crippen LogP contribution in [0.25, 0.3) is 0 Å². The summed E-state index contributed by atoms with van der Waals surface area (Å²) >= 11 is 0. The van der Waals surface area contributed by atoms with Crippen LogP contribution < -0.4 is 10.2 Å². The molecule has 0 bridgehead atoms. The Balaban J connectivity index is 1.50. The predicted octanol–water partition coefficient (Wildman–Crippen LogP) is 3.73. The van der Waals surface area contributed by atoms with E-state index in [9.17, 15) is 18.0 Å². The molecule has 1 fully saturated rings. The molecule has 0 aliphatic carbocycles. The minimum atomic E-state index is -3.51. The van der Waals surface area contributed by atoms with Crippen molar-refractivity contribution in [2.75, 3.05) is 50.1 Å². The summed E-state index contributed by atoms with van der Waals surface area (Å²) in [7, 11) is -3.51. The van der Waals surface area contributed by atoms with E-state index >= 15 is 0 Å². The molecule has 236 valence electrons. The highest BCUT2D eigenvalue weighted by atomic mass is 32.2. The molecule has 2 amide bonds. The third kappa shape index (κ3) is 9.59. The number of amidine groups is 1. The van der Waals surface area contributed by atoms with Crippen LogP contribution in [0.5, 0.6) is 0 Å². The fraction of sp³-hybridized carbons (Fsp3) is 0.710. The number of benzene rings is 1. The molecular weight excluding hydrogens is 556 g/mol. The van der Waals surface area contributed by atoms with Gasteiger partial charge in [-0.1, -0.05) is 51.5 Å². The second-order valence-corrected chi connectivity index (χ2v) is 13.6. The number of piperidine rings is 1. The molecule has 2 aliphatic heterocycles. The number of nitrogens with zero attached hydrogens (tertiary/aromatic N) is 3. The molecule has 42 heavy (non-hydrogen) atoms. The van der Waals surface area contributed by atoms with E-state index in [0.29, 0.717) is 32.4 Å². The first-order valence-corrected chi connectivity index (χ1v) is 17.2. The lowest BCUT2D eigenvalue weighted by atomic mass is 9.89. The van der Waals surface area contributed by atoms with Crippen molar-refractivity contribution in [2.24, 2.45) is 4.99 Å². The SMILES string of the molecule is CCCCCCCCCC1=NC2(CCN(S(=O)(=O)CCc3ccc(N(CCOCCO)C(C)=O)cc3C)CC2)C(=O)N1. The molecule has 0 aromatic heterocycles. The Morgan fingerprint density at radius 1 is 1.10 bits per heavy atom. The standard InChI is InChI=1S/C31H50N4O6S/c1-4-5-6-7-8-9-10-11-29-32-30(38)31(33-29)15-17-34(18-16-31)42(39,40)23-14-27-12-13-28(24-25(27)2)35(26(3)37)19-21-41-22-20-36/h12-13,24,36H,4-11,14-23H2,1-3H3,(H,32,33,38). The largest absolute Gasteiger partial charge is 0.394 e. The van der Waals surface area contributed by atoms with Crippen molar-refractivity contribution in [1.29, 1.82) is 0 Å². The van der Waals surface area contributed by atoms with Gasteiger partial charge in [-0.3, -0.25) is 14.6 Å². The van der Waals surface area contributed by atoms with Crippen molar-refractivity contribution >= 4 is 33.4 Å². The van der Waals surface area contributed by atoms with E-state index < -0.39 is 15.6 Å². The normalized spacial score (nSPS) is 17.0. The lowest BCUT2D eigenvalue weighted by Gasteiger charge is -2.34. The molecule has 1 saturated heterocycles. The second-order valence-electron chi connectivity index (χ2n) is 11.5. The van der Waals surface area contributed by atoms with E-state index in [1.165, 1.54) is 43.3 Å². The number of aliphatic hydroxyl groups is 1. The van der Waals surface area contributed by atoms with Gasteiger partial charge in [0.15, 0.2) is 0 Å². The topological polar surface area (TPSA) is 129 Å². The first kappa shape index (κ1) is 34.2. The molecule has 3 rings (SSSR count).